The van der Waals surface area contributed by atoms with Gasteiger partial charge in [-0.1, -0.05) is 36.5 Å². The molecular weight excluding hydrogens is 208 g/mol. The van der Waals surface area contributed by atoms with E-state index in [-0.39, 0.29) is 0 Å². The van der Waals surface area contributed by atoms with E-state index in [0.717, 1.165) is 25.0 Å². The van der Waals surface area contributed by atoms with Crippen molar-refractivity contribution in [1.82, 2.24) is 9.80 Å². The van der Waals surface area contributed by atoms with Gasteiger partial charge in [0.25, 0.3) is 0 Å². The topological polar surface area (TPSA) is 6.48 Å². The highest BCUT2D eigenvalue weighted by molar-refractivity contribution is 5.12. The minimum Gasteiger partial charge on any atom is -0.304 e. The summed E-state index contributed by atoms with van der Waals surface area (Å²) in [5.41, 5.74) is 2.61. The van der Waals surface area contributed by atoms with E-state index in [1.165, 1.54) is 31.8 Å². The second-order valence-electron chi connectivity index (χ2n) is 5.03. The van der Waals surface area contributed by atoms with Crippen LogP contribution >= 0.6 is 0 Å². The lowest BCUT2D eigenvalue weighted by Gasteiger charge is -2.32. The van der Waals surface area contributed by atoms with Crippen molar-refractivity contribution in [2.75, 3.05) is 39.8 Å². The molecule has 0 radical (unpaired) electrons. The molecule has 2 heteroatoms. The number of hydrogen-bond donors (Lipinski definition) is 0. The number of allylic oxidation sites excluding steroid dienone is 3. The van der Waals surface area contributed by atoms with E-state index in [1.807, 2.05) is 6.08 Å². The van der Waals surface area contributed by atoms with Crippen LogP contribution in [-0.4, -0.2) is 49.6 Å². The third-order valence-corrected chi connectivity index (χ3v) is 3.32. The van der Waals surface area contributed by atoms with Crippen molar-refractivity contribution in [2.24, 2.45) is 0 Å². The summed E-state index contributed by atoms with van der Waals surface area (Å²) in [6, 6.07) is 0. The van der Waals surface area contributed by atoms with E-state index < -0.39 is 0 Å². The van der Waals surface area contributed by atoms with Crippen molar-refractivity contribution >= 4 is 0 Å². The predicted octanol–water partition coefficient (Wildman–Crippen LogP) is 2.70. The molecule has 0 bridgehead atoms. The molecule has 1 aliphatic rings. The van der Waals surface area contributed by atoms with Crippen LogP contribution < -0.4 is 0 Å². The SMILES string of the molecule is C=CC(=C)CC/C=C(/C)CN1CCN(C)CC1. The van der Waals surface area contributed by atoms with Gasteiger partial charge >= 0.3 is 0 Å². The van der Waals surface area contributed by atoms with E-state index in [4.69, 9.17) is 0 Å². The Bertz CT molecular complexity index is 283. The molecule has 1 fully saturated rings. The minimum absolute atomic E-state index is 1.03. The first-order valence-electron chi connectivity index (χ1n) is 6.48. The maximum absolute atomic E-state index is 3.93. The summed E-state index contributed by atoms with van der Waals surface area (Å²) in [6.07, 6.45) is 6.31. The van der Waals surface area contributed by atoms with Gasteiger partial charge in [0.2, 0.25) is 0 Å². The van der Waals surface area contributed by atoms with Crippen molar-refractivity contribution < 1.29 is 0 Å². The van der Waals surface area contributed by atoms with Crippen molar-refractivity contribution in [1.29, 1.82) is 0 Å². The third kappa shape index (κ3) is 5.85. The fraction of sp³-hybridized carbons (Fsp3) is 0.600. The van der Waals surface area contributed by atoms with Gasteiger partial charge in [-0.25, -0.2) is 0 Å². The van der Waals surface area contributed by atoms with Crippen LogP contribution in [0.15, 0.2) is 36.5 Å². The maximum Gasteiger partial charge on any atom is 0.0191 e. The van der Waals surface area contributed by atoms with Crippen LogP contribution in [0.1, 0.15) is 19.8 Å². The Morgan fingerprint density at radius 1 is 1.24 bits per heavy atom. The second-order valence-corrected chi connectivity index (χ2v) is 5.03. The van der Waals surface area contributed by atoms with Crippen molar-refractivity contribution in [3.63, 3.8) is 0 Å². The third-order valence-electron chi connectivity index (χ3n) is 3.32. The molecule has 0 spiro atoms. The molecule has 96 valence electrons. The van der Waals surface area contributed by atoms with Crippen LogP contribution in [0, 0.1) is 0 Å². The molecule has 1 aliphatic heterocycles. The van der Waals surface area contributed by atoms with Gasteiger partial charge in [-0.2, -0.15) is 0 Å². The van der Waals surface area contributed by atoms with Crippen LogP contribution in [0.5, 0.6) is 0 Å². The molecule has 0 aromatic heterocycles. The molecule has 2 nitrogen and oxygen atoms in total. The molecule has 1 rings (SSSR count). The first kappa shape index (κ1) is 14.2. The standard InChI is InChI=1S/C15H26N2/c1-5-14(2)7-6-8-15(3)13-17-11-9-16(4)10-12-17/h5,8H,1-2,6-7,9-13H2,3-4H3/b15-8-. The molecule has 0 atom stereocenters. The van der Waals surface area contributed by atoms with Gasteiger partial charge in [0.15, 0.2) is 0 Å². The Balaban J connectivity index is 2.23. The normalized spacial score (nSPS) is 19.3. The van der Waals surface area contributed by atoms with E-state index in [1.54, 1.807) is 0 Å². The monoisotopic (exact) mass is 234 g/mol. The molecule has 0 saturated carbocycles. The highest BCUT2D eigenvalue weighted by Crippen LogP contribution is 2.08. The number of likely N-dealkylation sites (N-methyl/N-ethyl adjacent to an activating group) is 1. The molecule has 0 N–H and O–H groups in total. The van der Waals surface area contributed by atoms with Crippen molar-refractivity contribution in [3.8, 4) is 0 Å². The molecule has 1 saturated heterocycles. The smallest absolute Gasteiger partial charge is 0.0191 e. The fourth-order valence-corrected chi connectivity index (χ4v) is 2.03. The summed E-state index contributed by atoms with van der Waals surface area (Å²) < 4.78 is 0. The second kappa shape index (κ2) is 7.46. The fourth-order valence-electron chi connectivity index (χ4n) is 2.03. The van der Waals surface area contributed by atoms with Gasteiger partial charge in [-0.05, 0) is 26.8 Å². The molecule has 0 aliphatic carbocycles. The summed E-state index contributed by atoms with van der Waals surface area (Å²) in [5.74, 6) is 0. The molecular formula is C15H26N2. The zero-order valence-electron chi connectivity index (χ0n) is 11.4. The average Bonchev–Trinajstić information content (AvgIpc) is 2.32. The lowest BCUT2D eigenvalue weighted by molar-refractivity contribution is 0.164. The predicted molar refractivity (Wildman–Crippen MR) is 76.3 cm³/mol. The molecule has 1 heterocycles. The Kier molecular flexibility index (Phi) is 6.23. The van der Waals surface area contributed by atoms with Gasteiger partial charge in [0.05, 0.1) is 0 Å². The van der Waals surface area contributed by atoms with Gasteiger partial charge in [0.1, 0.15) is 0 Å². The molecule has 0 aromatic carbocycles. The summed E-state index contributed by atoms with van der Waals surface area (Å²) in [4.78, 5) is 4.93. The summed E-state index contributed by atoms with van der Waals surface area (Å²) in [6.45, 7) is 15.8. The van der Waals surface area contributed by atoms with Crippen molar-refractivity contribution in [2.45, 2.75) is 19.8 Å². The number of piperazine rings is 1. The summed E-state index contributed by atoms with van der Waals surface area (Å²) in [7, 11) is 2.20. The van der Waals surface area contributed by atoms with Gasteiger partial charge in [-0.15, -0.1) is 0 Å². The van der Waals surface area contributed by atoms with E-state index in [0.29, 0.717) is 0 Å². The largest absolute Gasteiger partial charge is 0.304 e. The molecule has 0 amide bonds. The zero-order valence-corrected chi connectivity index (χ0v) is 11.4. The Hall–Kier alpha value is -0.860. The Morgan fingerprint density at radius 2 is 1.88 bits per heavy atom. The van der Waals surface area contributed by atoms with E-state index >= 15 is 0 Å². The highest BCUT2D eigenvalue weighted by Gasteiger charge is 2.13. The van der Waals surface area contributed by atoms with Crippen LogP contribution in [0.3, 0.4) is 0 Å². The molecule has 0 unspecified atom stereocenters. The maximum atomic E-state index is 3.93. The van der Waals surface area contributed by atoms with Crippen LogP contribution in [0.2, 0.25) is 0 Å². The molecule has 0 aromatic rings. The van der Waals surface area contributed by atoms with Crippen molar-refractivity contribution in [3.05, 3.63) is 36.5 Å². The lowest BCUT2D eigenvalue weighted by Crippen LogP contribution is -2.44. The van der Waals surface area contributed by atoms with Gasteiger partial charge in [-0.3, -0.25) is 4.90 Å². The number of nitrogens with zero attached hydrogens (tertiary/aromatic N) is 2. The van der Waals surface area contributed by atoms with Crippen LogP contribution in [0.25, 0.3) is 0 Å². The molecule has 17 heavy (non-hydrogen) atoms. The Labute approximate surface area is 106 Å². The quantitative estimate of drug-likeness (QED) is 0.515. The summed E-state index contributed by atoms with van der Waals surface area (Å²) >= 11 is 0. The zero-order chi connectivity index (χ0) is 12.7. The lowest BCUT2D eigenvalue weighted by atomic mass is 10.1. The first-order chi connectivity index (χ1) is 8.11. The minimum atomic E-state index is 1.03. The van der Waals surface area contributed by atoms with E-state index in [9.17, 15) is 0 Å². The van der Waals surface area contributed by atoms with Gasteiger partial charge in [0, 0.05) is 32.7 Å². The number of hydrogen-bond acceptors (Lipinski definition) is 2. The van der Waals surface area contributed by atoms with E-state index in [2.05, 4.69) is 43.0 Å². The highest BCUT2D eigenvalue weighted by atomic mass is 15.2. The summed E-state index contributed by atoms with van der Waals surface area (Å²) in [5, 5.41) is 0. The van der Waals surface area contributed by atoms with Crippen LogP contribution in [-0.2, 0) is 0 Å². The van der Waals surface area contributed by atoms with Crippen LogP contribution in [0.4, 0.5) is 0 Å². The van der Waals surface area contributed by atoms with Gasteiger partial charge < -0.3 is 4.90 Å². The first-order valence-corrected chi connectivity index (χ1v) is 6.48. The Morgan fingerprint density at radius 3 is 2.47 bits per heavy atom. The number of rotatable bonds is 6. The average molecular weight is 234 g/mol.